The lowest BCUT2D eigenvalue weighted by molar-refractivity contribution is -0.158. The second-order valence-corrected chi connectivity index (χ2v) is 8.08. The number of alkyl halides is 2. The molecule has 5 heteroatoms. The number of halogens is 3. The van der Waals surface area contributed by atoms with Gasteiger partial charge in [0.15, 0.2) is 5.82 Å². The molecule has 1 aliphatic carbocycles. The van der Waals surface area contributed by atoms with Crippen molar-refractivity contribution in [3.05, 3.63) is 29.8 Å². The lowest BCUT2D eigenvalue weighted by Crippen LogP contribution is -2.50. The quantitative estimate of drug-likeness (QED) is 0.511. The monoisotopic (exact) mass is 398 g/mol. The third-order valence-electron chi connectivity index (χ3n) is 5.41. The van der Waals surface area contributed by atoms with E-state index in [-0.39, 0.29) is 18.0 Å². The Hall–Kier alpha value is -1.52. The van der Waals surface area contributed by atoms with Gasteiger partial charge in [-0.3, -0.25) is 0 Å². The van der Waals surface area contributed by atoms with Crippen molar-refractivity contribution in [2.45, 2.75) is 98.5 Å². The molecule has 0 N–H and O–H groups in total. The second kappa shape index (κ2) is 9.80. The highest BCUT2D eigenvalue weighted by molar-refractivity contribution is 5.77. The van der Waals surface area contributed by atoms with Gasteiger partial charge in [0.2, 0.25) is 0 Å². The van der Waals surface area contributed by atoms with Gasteiger partial charge in [0, 0.05) is 23.8 Å². The summed E-state index contributed by atoms with van der Waals surface area (Å²) >= 11 is 0. The van der Waals surface area contributed by atoms with Crippen LogP contribution in [0.1, 0.15) is 92.9 Å². The Morgan fingerprint density at radius 2 is 1.75 bits per heavy atom. The van der Waals surface area contributed by atoms with Gasteiger partial charge in [0.05, 0.1) is 5.52 Å². The van der Waals surface area contributed by atoms with Crippen LogP contribution in [-0.4, -0.2) is 15.5 Å². The van der Waals surface area contributed by atoms with Crippen LogP contribution in [0.3, 0.4) is 0 Å². The van der Waals surface area contributed by atoms with E-state index < -0.39 is 23.1 Å². The molecular weight excluding hydrogens is 361 g/mol. The first-order valence-electron chi connectivity index (χ1n) is 10.6. The molecular formula is C23H37F3N2. The molecule has 1 aromatic heterocycles. The van der Waals surface area contributed by atoms with Crippen molar-refractivity contribution >= 4 is 11.0 Å². The number of nitrogens with zero attached hydrogens (tertiary/aromatic N) is 2. The van der Waals surface area contributed by atoms with Crippen LogP contribution in [0.5, 0.6) is 0 Å². The van der Waals surface area contributed by atoms with E-state index in [9.17, 15) is 13.2 Å². The molecule has 0 unspecified atom stereocenters. The molecule has 0 spiro atoms. The number of hydrogen-bond acceptors (Lipinski definition) is 1. The standard InChI is InChI=1S/C17H21F3N2.C4H10.C2H6/c1-10(2)22-12-7-5-6-11(18)14(12)21-15(22)16(3,4)13-8-9-17(13,19)20;1-3-4-2;1-2/h5-7,10,13H,8-9H2,1-4H3;3-4H2,1-2H3;1-2H3/t13-;;/m0../s1. The maximum Gasteiger partial charge on any atom is 0.251 e. The summed E-state index contributed by atoms with van der Waals surface area (Å²) in [5, 5.41) is 0. The van der Waals surface area contributed by atoms with Crippen molar-refractivity contribution in [1.82, 2.24) is 9.55 Å². The summed E-state index contributed by atoms with van der Waals surface area (Å²) in [7, 11) is 0. The number of para-hydroxylation sites is 1. The van der Waals surface area contributed by atoms with Gasteiger partial charge in [-0.25, -0.2) is 18.2 Å². The van der Waals surface area contributed by atoms with Crippen molar-refractivity contribution in [3.63, 3.8) is 0 Å². The zero-order valence-corrected chi connectivity index (χ0v) is 18.7. The molecule has 1 heterocycles. The SMILES string of the molecule is CC.CC(C)n1c(C(C)(C)[C@@H]2CCC2(F)F)nc2c(F)cccc21.CCCC. The summed E-state index contributed by atoms with van der Waals surface area (Å²) in [6.07, 6.45) is 3.04. The molecule has 28 heavy (non-hydrogen) atoms. The number of benzene rings is 1. The summed E-state index contributed by atoms with van der Waals surface area (Å²) in [5.74, 6) is -3.28. The van der Waals surface area contributed by atoms with Crippen LogP contribution >= 0.6 is 0 Å². The van der Waals surface area contributed by atoms with E-state index in [1.165, 1.54) is 18.9 Å². The molecule has 1 aliphatic rings. The first kappa shape index (κ1) is 24.5. The summed E-state index contributed by atoms with van der Waals surface area (Å²) in [5.41, 5.74) is 0.125. The van der Waals surface area contributed by atoms with Crippen molar-refractivity contribution < 1.29 is 13.2 Å². The van der Waals surface area contributed by atoms with Gasteiger partial charge in [-0.2, -0.15) is 0 Å². The van der Waals surface area contributed by atoms with E-state index in [0.29, 0.717) is 17.8 Å². The molecule has 0 radical (unpaired) electrons. The van der Waals surface area contributed by atoms with Gasteiger partial charge >= 0.3 is 0 Å². The van der Waals surface area contributed by atoms with Crippen molar-refractivity contribution in [2.75, 3.05) is 0 Å². The Labute approximate surface area is 168 Å². The maximum atomic E-state index is 14.1. The number of imidazole rings is 1. The number of rotatable bonds is 4. The minimum atomic E-state index is -2.66. The molecule has 1 aromatic carbocycles. The maximum absolute atomic E-state index is 14.1. The zero-order valence-electron chi connectivity index (χ0n) is 18.7. The van der Waals surface area contributed by atoms with E-state index in [0.717, 1.165) is 0 Å². The lowest BCUT2D eigenvalue weighted by Gasteiger charge is -2.46. The Morgan fingerprint density at radius 1 is 1.18 bits per heavy atom. The molecule has 3 rings (SSSR count). The van der Waals surface area contributed by atoms with E-state index in [4.69, 9.17) is 0 Å². The molecule has 1 fully saturated rings. The average molecular weight is 399 g/mol. The van der Waals surface area contributed by atoms with Crippen LogP contribution in [0.4, 0.5) is 13.2 Å². The smallest absolute Gasteiger partial charge is 0.251 e. The van der Waals surface area contributed by atoms with E-state index in [1.54, 1.807) is 26.0 Å². The predicted octanol–water partition coefficient (Wildman–Crippen LogP) is 7.91. The fourth-order valence-electron chi connectivity index (χ4n) is 3.61. The topological polar surface area (TPSA) is 17.8 Å². The van der Waals surface area contributed by atoms with Crippen LogP contribution in [0, 0.1) is 11.7 Å². The van der Waals surface area contributed by atoms with Crippen LogP contribution in [0.2, 0.25) is 0 Å². The van der Waals surface area contributed by atoms with Crippen LogP contribution in [0.25, 0.3) is 11.0 Å². The molecule has 1 saturated carbocycles. The minimum Gasteiger partial charge on any atom is -0.325 e. The van der Waals surface area contributed by atoms with Gasteiger partial charge in [-0.1, -0.05) is 60.5 Å². The zero-order chi connectivity index (χ0) is 21.7. The summed E-state index contributed by atoms with van der Waals surface area (Å²) < 4.78 is 43.8. The van der Waals surface area contributed by atoms with Crippen LogP contribution in [-0.2, 0) is 5.41 Å². The molecule has 2 nitrogen and oxygen atoms in total. The van der Waals surface area contributed by atoms with E-state index in [2.05, 4.69) is 18.8 Å². The molecule has 0 aliphatic heterocycles. The highest BCUT2D eigenvalue weighted by Crippen LogP contribution is 2.53. The fraction of sp³-hybridized carbons (Fsp3) is 0.696. The van der Waals surface area contributed by atoms with E-state index in [1.807, 2.05) is 32.3 Å². The van der Waals surface area contributed by atoms with Gasteiger partial charge in [0.1, 0.15) is 11.3 Å². The summed E-state index contributed by atoms with van der Waals surface area (Å²) in [4.78, 5) is 4.43. The fourth-order valence-corrected chi connectivity index (χ4v) is 3.61. The minimum absolute atomic E-state index is 0.0229. The third-order valence-corrected chi connectivity index (χ3v) is 5.41. The van der Waals surface area contributed by atoms with Crippen LogP contribution < -0.4 is 0 Å². The number of unbranched alkanes of at least 4 members (excludes halogenated alkanes) is 1. The number of aromatic nitrogens is 2. The largest absolute Gasteiger partial charge is 0.325 e. The van der Waals surface area contributed by atoms with Crippen molar-refractivity contribution in [3.8, 4) is 0 Å². The normalized spacial score (nSPS) is 18.1. The molecule has 0 saturated heterocycles. The summed E-state index contributed by atoms with van der Waals surface area (Å²) in [6.45, 7) is 15.9. The first-order valence-corrected chi connectivity index (χ1v) is 10.6. The van der Waals surface area contributed by atoms with Gasteiger partial charge in [0.25, 0.3) is 5.92 Å². The predicted molar refractivity (Wildman–Crippen MR) is 113 cm³/mol. The Morgan fingerprint density at radius 3 is 2.14 bits per heavy atom. The highest BCUT2D eigenvalue weighted by atomic mass is 19.3. The summed E-state index contributed by atoms with van der Waals surface area (Å²) in [6, 6.07) is 4.81. The van der Waals surface area contributed by atoms with Gasteiger partial charge < -0.3 is 4.57 Å². The molecule has 160 valence electrons. The van der Waals surface area contributed by atoms with Crippen molar-refractivity contribution in [2.24, 2.45) is 5.92 Å². The Kier molecular flexibility index (Phi) is 8.58. The van der Waals surface area contributed by atoms with Crippen molar-refractivity contribution in [1.29, 1.82) is 0 Å². The van der Waals surface area contributed by atoms with Gasteiger partial charge in [-0.15, -0.1) is 0 Å². The molecule has 0 amide bonds. The Balaban J connectivity index is 0.000000583. The lowest BCUT2D eigenvalue weighted by atomic mass is 9.64. The first-order chi connectivity index (χ1) is 13.1. The number of fused-ring (bicyclic) bond motifs is 1. The Bertz CT molecular complexity index is 746. The van der Waals surface area contributed by atoms with Gasteiger partial charge in [-0.05, 0) is 32.4 Å². The molecule has 1 atom stereocenters. The average Bonchev–Trinajstić information content (AvgIpc) is 3.04. The molecule has 2 aromatic rings. The van der Waals surface area contributed by atoms with E-state index >= 15 is 0 Å². The second-order valence-electron chi connectivity index (χ2n) is 8.08. The third kappa shape index (κ3) is 4.72. The molecule has 0 bridgehead atoms. The number of hydrogen-bond donors (Lipinski definition) is 0. The van der Waals surface area contributed by atoms with Crippen LogP contribution in [0.15, 0.2) is 18.2 Å². The highest BCUT2D eigenvalue weighted by Gasteiger charge is 2.57.